The molecule has 1 aliphatic rings. The average Bonchev–Trinajstić information content (AvgIpc) is 2.78. The molecule has 0 spiro atoms. The van der Waals surface area contributed by atoms with Crippen LogP contribution >= 0.6 is 0 Å². The lowest BCUT2D eigenvalue weighted by Gasteiger charge is -2.35. The number of carbonyl (C=O) groups is 2. The highest BCUT2D eigenvalue weighted by molar-refractivity contribution is 5.96. The Balaban J connectivity index is 1.41. The van der Waals surface area contributed by atoms with E-state index < -0.39 is 0 Å². The number of nitrogens with one attached hydrogen (secondary N) is 1. The highest BCUT2D eigenvalue weighted by atomic mass is 16.5. The largest absolute Gasteiger partial charge is 0.494 e. The third-order valence-electron chi connectivity index (χ3n) is 4.79. The first-order chi connectivity index (χ1) is 14.2. The molecule has 0 bridgehead atoms. The summed E-state index contributed by atoms with van der Waals surface area (Å²) in [5, 5.41) is 2.70. The highest BCUT2D eigenvalue weighted by Gasteiger charge is 2.22. The molecule has 1 saturated heterocycles. The summed E-state index contributed by atoms with van der Waals surface area (Å²) in [6.45, 7) is 5.33. The molecule has 1 aliphatic heterocycles. The summed E-state index contributed by atoms with van der Waals surface area (Å²) in [5.41, 5.74) is 0.508. The van der Waals surface area contributed by atoms with E-state index in [9.17, 15) is 9.59 Å². The number of hydrogen-bond acceptors (Lipinski definition) is 6. The van der Waals surface area contributed by atoms with Gasteiger partial charge in [0.15, 0.2) is 0 Å². The third-order valence-corrected chi connectivity index (χ3v) is 4.79. The van der Waals surface area contributed by atoms with E-state index in [1.54, 1.807) is 47.8 Å². The van der Waals surface area contributed by atoms with E-state index in [1.165, 1.54) is 0 Å². The van der Waals surface area contributed by atoms with Gasteiger partial charge in [-0.1, -0.05) is 13.3 Å². The predicted octanol–water partition coefficient (Wildman–Crippen LogP) is 1.73. The Bertz CT molecular complexity index is 790. The van der Waals surface area contributed by atoms with Gasteiger partial charge in [-0.2, -0.15) is 0 Å². The van der Waals surface area contributed by atoms with Gasteiger partial charge in [-0.05, 0) is 30.7 Å². The van der Waals surface area contributed by atoms with Gasteiger partial charge >= 0.3 is 0 Å². The van der Waals surface area contributed by atoms with Crippen molar-refractivity contribution in [1.29, 1.82) is 0 Å². The molecule has 1 aromatic carbocycles. The normalized spacial score (nSPS) is 13.8. The van der Waals surface area contributed by atoms with Crippen LogP contribution in [0, 0.1) is 0 Å². The van der Waals surface area contributed by atoms with Gasteiger partial charge in [-0.25, -0.2) is 4.98 Å². The van der Waals surface area contributed by atoms with Crippen molar-refractivity contribution in [2.45, 2.75) is 19.8 Å². The molecule has 2 aromatic rings. The first-order valence-electron chi connectivity index (χ1n) is 9.97. The van der Waals surface area contributed by atoms with Crippen LogP contribution in [-0.2, 0) is 4.79 Å². The minimum atomic E-state index is -0.267. The number of ether oxygens (including phenoxy) is 1. The maximum atomic E-state index is 12.4. The van der Waals surface area contributed by atoms with Crippen molar-refractivity contribution in [2.75, 3.05) is 44.2 Å². The Morgan fingerprint density at radius 2 is 1.86 bits per heavy atom. The van der Waals surface area contributed by atoms with Gasteiger partial charge in [0, 0.05) is 44.1 Å². The molecule has 0 atom stereocenters. The molecule has 0 saturated carbocycles. The fourth-order valence-electron chi connectivity index (χ4n) is 3.05. The number of piperazine rings is 1. The molecule has 0 aliphatic carbocycles. The van der Waals surface area contributed by atoms with E-state index in [1.807, 2.05) is 0 Å². The second kappa shape index (κ2) is 10.4. The smallest absolute Gasteiger partial charge is 0.251 e. The van der Waals surface area contributed by atoms with E-state index in [0.29, 0.717) is 38.3 Å². The lowest BCUT2D eigenvalue weighted by atomic mass is 10.2. The molecule has 1 N–H and O–H groups in total. The quantitative estimate of drug-likeness (QED) is 0.683. The maximum absolute atomic E-state index is 12.4. The van der Waals surface area contributed by atoms with Crippen LogP contribution < -0.4 is 15.0 Å². The number of hydrogen-bond donors (Lipinski definition) is 1. The van der Waals surface area contributed by atoms with Crippen molar-refractivity contribution in [3.8, 4) is 5.75 Å². The Hall–Kier alpha value is -3.16. The van der Waals surface area contributed by atoms with Gasteiger partial charge in [-0.15, -0.1) is 0 Å². The van der Waals surface area contributed by atoms with Crippen LogP contribution in [0.25, 0.3) is 0 Å². The van der Waals surface area contributed by atoms with Crippen molar-refractivity contribution in [2.24, 2.45) is 0 Å². The van der Waals surface area contributed by atoms with Crippen LogP contribution in [-0.4, -0.2) is 66.0 Å². The fraction of sp³-hybridized carbons (Fsp3) is 0.429. The summed E-state index contributed by atoms with van der Waals surface area (Å²) >= 11 is 0. The van der Waals surface area contributed by atoms with Crippen molar-refractivity contribution >= 4 is 17.6 Å². The third kappa shape index (κ3) is 5.91. The number of benzene rings is 1. The van der Waals surface area contributed by atoms with Crippen LogP contribution in [0.4, 0.5) is 5.82 Å². The first-order valence-corrected chi connectivity index (χ1v) is 9.97. The number of amides is 2. The van der Waals surface area contributed by atoms with Crippen LogP contribution in [0.5, 0.6) is 5.75 Å². The number of anilines is 1. The molecule has 1 fully saturated rings. The summed E-state index contributed by atoms with van der Waals surface area (Å²) in [5.74, 6) is 1.20. The number of rotatable bonds is 8. The minimum Gasteiger partial charge on any atom is -0.494 e. The molecule has 3 rings (SSSR count). The molecule has 2 amide bonds. The summed E-state index contributed by atoms with van der Waals surface area (Å²) in [7, 11) is 0. The Labute approximate surface area is 170 Å². The molecule has 1 aromatic heterocycles. The van der Waals surface area contributed by atoms with Crippen molar-refractivity contribution in [3.63, 3.8) is 0 Å². The van der Waals surface area contributed by atoms with Crippen LogP contribution in [0.15, 0.2) is 42.9 Å². The van der Waals surface area contributed by atoms with Crippen LogP contribution in [0.3, 0.4) is 0 Å². The Morgan fingerprint density at radius 1 is 1.10 bits per heavy atom. The summed E-state index contributed by atoms with van der Waals surface area (Å²) in [6, 6.07) is 6.97. The van der Waals surface area contributed by atoms with E-state index in [-0.39, 0.29) is 18.4 Å². The molecule has 154 valence electrons. The van der Waals surface area contributed by atoms with Gasteiger partial charge in [0.25, 0.3) is 5.91 Å². The lowest BCUT2D eigenvalue weighted by molar-refractivity contribution is -0.130. The number of carbonyl (C=O) groups excluding carboxylic acids is 2. The van der Waals surface area contributed by atoms with Gasteiger partial charge in [-0.3, -0.25) is 14.6 Å². The topological polar surface area (TPSA) is 87.7 Å². The average molecular weight is 397 g/mol. The zero-order valence-corrected chi connectivity index (χ0v) is 16.7. The molecular formula is C21H27N5O3. The molecule has 8 heteroatoms. The van der Waals surface area contributed by atoms with E-state index in [2.05, 4.69) is 27.1 Å². The van der Waals surface area contributed by atoms with Crippen molar-refractivity contribution in [1.82, 2.24) is 20.2 Å². The molecular weight excluding hydrogens is 370 g/mol. The highest BCUT2D eigenvalue weighted by Crippen LogP contribution is 2.13. The fourth-order valence-corrected chi connectivity index (χ4v) is 3.05. The number of nitrogens with zero attached hydrogens (tertiary/aromatic N) is 4. The number of unbranched alkanes of at least 4 members (excludes halogenated alkanes) is 1. The zero-order chi connectivity index (χ0) is 20.5. The zero-order valence-electron chi connectivity index (χ0n) is 16.7. The standard InChI is InChI=1S/C21H27N5O3/c1-2-3-14-29-18-6-4-17(5-7-18)21(28)24-16-20(27)26-12-10-25(11-13-26)19-15-22-8-9-23-19/h4-9,15H,2-3,10-14,16H2,1H3,(H,24,28). The van der Waals surface area contributed by atoms with Crippen molar-refractivity contribution < 1.29 is 14.3 Å². The molecule has 0 unspecified atom stereocenters. The van der Waals surface area contributed by atoms with Gasteiger partial charge < -0.3 is 19.9 Å². The molecule has 8 nitrogen and oxygen atoms in total. The van der Waals surface area contributed by atoms with Gasteiger partial charge in [0.1, 0.15) is 11.6 Å². The predicted molar refractivity (Wildman–Crippen MR) is 110 cm³/mol. The summed E-state index contributed by atoms with van der Waals surface area (Å²) in [4.78, 5) is 36.9. The molecule has 2 heterocycles. The van der Waals surface area contributed by atoms with Crippen LogP contribution in [0.1, 0.15) is 30.1 Å². The van der Waals surface area contributed by atoms with Gasteiger partial charge in [0.05, 0.1) is 19.3 Å². The monoisotopic (exact) mass is 397 g/mol. The van der Waals surface area contributed by atoms with Gasteiger partial charge in [0.2, 0.25) is 5.91 Å². The lowest BCUT2D eigenvalue weighted by Crippen LogP contribution is -2.51. The maximum Gasteiger partial charge on any atom is 0.251 e. The Kier molecular flexibility index (Phi) is 7.38. The molecule has 29 heavy (non-hydrogen) atoms. The summed E-state index contributed by atoms with van der Waals surface area (Å²) in [6.07, 6.45) is 7.09. The minimum absolute atomic E-state index is 0.0152. The Morgan fingerprint density at radius 3 is 2.52 bits per heavy atom. The summed E-state index contributed by atoms with van der Waals surface area (Å²) < 4.78 is 5.59. The van der Waals surface area contributed by atoms with E-state index in [4.69, 9.17) is 4.74 Å². The second-order valence-corrected chi connectivity index (χ2v) is 6.84. The van der Waals surface area contributed by atoms with E-state index >= 15 is 0 Å². The number of aromatic nitrogens is 2. The SMILES string of the molecule is CCCCOc1ccc(C(=O)NCC(=O)N2CCN(c3cnccn3)CC2)cc1. The second-order valence-electron chi connectivity index (χ2n) is 6.84. The first kappa shape index (κ1) is 20.6. The van der Waals surface area contributed by atoms with E-state index in [0.717, 1.165) is 24.4 Å². The van der Waals surface area contributed by atoms with Crippen LogP contribution in [0.2, 0.25) is 0 Å². The van der Waals surface area contributed by atoms with Crippen molar-refractivity contribution in [3.05, 3.63) is 48.4 Å². The molecule has 0 radical (unpaired) electrons.